The highest BCUT2D eigenvalue weighted by Gasteiger charge is 2.27. The average molecular weight is 257 g/mol. The summed E-state index contributed by atoms with van der Waals surface area (Å²) in [5, 5.41) is 25.8. The van der Waals surface area contributed by atoms with Gasteiger partial charge in [0.25, 0.3) is 0 Å². The number of likely N-dealkylation sites (N-methyl/N-ethyl adjacent to an activating group) is 1. The molecule has 0 bridgehead atoms. The van der Waals surface area contributed by atoms with Crippen molar-refractivity contribution >= 4 is 11.8 Å². The molecular weight excluding hydrogens is 238 g/mol. The molecule has 17 heavy (non-hydrogen) atoms. The van der Waals surface area contributed by atoms with Crippen LogP contribution in [0.2, 0.25) is 0 Å². The molecule has 0 spiro atoms. The summed E-state index contributed by atoms with van der Waals surface area (Å²) in [7, 11) is 0. The van der Waals surface area contributed by atoms with Gasteiger partial charge in [0, 0.05) is 11.8 Å². The van der Waals surface area contributed by atoms with E-state index < -0.39 is 0 Å². The normalized spacial score (nSPS) is 24.4. The standard InChI is InChI=1S/C10H19N5OS/c1-2-11-6-7-15-10(12-13-14-15)17-9-5-3-4-8(9)16/h8-9,11,16H,2-7H2,1H3. The van der Waals surface area contributed by atoms with Crippen LogP contribution in [0, 0.1) is 0 Å². The molecule has 2 rings (SSSR count). The second-order valence-corrected chi connectivity index (χ2v) is 5.40. The molecule has 0 aromatic carbocycles. The van der Waals surface area contributed by atoms with Gasteiger partial charge >= 0.3 is 0 Å². The number of aliphatic hydroxyl groups is 1. The summed E-state index contributed by atoms with van der Waals surface area (Å²) in [5.74, 6) is 0. The van der Waals surface area contributed by atoms with Gasteiger partial charge in [0.2, 0.25) is 5.16 Å². The number of thioether (sulfide) groups is 1. The van der Waals surface area contributed by atoms with Crippen molar-refractivity contribution in [1.29, 1.82) is 0 Å². The Balaban J connectivity index is 1.89. The molecule has 0 aliphatic heterocycles. The van der Waals surface area contributed by atoms with E-state index in [1.165, 1.54) is 0 Å². The smallest absolute Gasteiger partial charge is 0.209 e. The van der Waals surface area contributed by atoms with Crippen molar-refractivity contribution in [2.75, 3.05) is 13.1 Å². The van der Waals surface area contributed by atoms with Gasteiger partial charge < -0.3 is 10.4 Å². The maximum atomic E-state index is 9.78. The predicted octanol–water partition coefficient (Wildman–Crippen LogP) is 0.288. The largest absolute Gasteiger partial charge is 0.392 e. The Kier molecular flexibility index (Phi) is 4.75. The summed E-state index contributed by atoms with van der Waals surface area (Å²) >= 11 is 1.60. The van der Waals surface area contributed by atoms with E-state index in [-0.39, 0.29) is 11.4 Å². The SMILES string of the molecule is CCNCCn1nnnc1SC1CCCC1O. The number of hydrogen-bond donors (Lipinski definition) is 2. The molecule has 96 valence electrons. The van der Waals surface area contributed by atoms with Crippen molar-refractivity contribution in [1.82, 2.24) is 25.5 Å². The van der Waals surface area contributed by atoms with E-state index in [0.29, 0.717) is 0 Å². The fourth-order valence-electron chi connectivity index (χ4n) is 1.96. The third kappa shape index (κ3) is 3.40. The first-order valence-electron chi connectivity index (χ1n) is 6.13. The minimum Gasteiger partial charge on any atom is -0.392 e. The summed E-state index contributed by atoms with van der Waals surface area (Å²) in [5.41, 5.74) is 0. The van der Waals surface area contributed by atoms with Crippen molar-refractivity contribution in [3.8, 4) is 0 Å². The first-order valence-corrected chi connectivity index (χ1v) is 7.01. The van der Waals surface area contributed by atoms with Gasteiger partial charge in [-0.25, -0.2) is 4.68 Å². The van der Waals surface area contributed by atoms with Gasteiger partial charge in [0.1, 0.15) is 0 Å². The summed E-state index contributed by atoms with van der Waals surface area (Å²) < 4.78 is 1.80. The zero-order chi connectivity index (χ0) is 12.1. The lowest BCUT2D eigenvalue weighted by molar-refractivity contribution is 0.188. The molecular formula is C10H19N5OS. The molecule has 1 aliphatic rings. The quantitative estimate of drug-likeness (QED) is 0.713. The molecule has 1 saturated carbocycles. The van der Waals surface area contributed by atoms with Crippen molar-refractivity contribution in [2.45, 2.75) is 49.2 Å². The topological polar surface area (TPSA) is 75.9 Å². The van der Waals surface area contributed by atoms with Gasteiger partial charge in [-0.1, -0.05) is 18.7 Å². The van der Waals surface area contributed by atoms with Crippen molar-refractivity contribution in [2.24, 2.45) is 0 Å². The van der Waals surface area contributed by atoms with Crippen LogP contribution in [0.4, 0.5) is 0 Å². The molecule has 6 nitrogen and oxygen atoms in total. The van der Waals surface area contributed by atoms with Crippen molar-refractivity contribution in [3.63, 3.8) is 0 Å². The van der Waals surface area contributed by atoms with E-state index in [0.717, 1.165) is 44.1 Å². The fourth-order valence-corrected chi connectivity index (χ4v) is 3.14. The zero-order valence-electron chi connectivity index (χ0n) is 10.0. The molecule has 1 fully saturated rings. The van der Waals surface area contributed by atoms with Crippen LogP contribution in [0.25, 0.3) is 0 Å². The Hall–Kier alpha value is -0.660. The maximum absolute atomic E-state index is 9.78. The third-order valence-electron chi connectivity index (χ3n) is 2.92. The summed E-state index contributed by atoms with van der Waals surface area (Å²) in [6, 6.07) is 0. The molecule has 2 unspecified atom stereocenters. The predicted molar refractivity (Wildman–Crippen MR) is 65.9 cm³/mol. The van der Waals surface area contributed by atoms with Crippen LogP contribution < -0.4 is 5.32 Å². The Labute approximate surface area is 105 Å². The van der Waals surface area contributed by atoms with Crippen LogP contribution in [0.15, 0.2) is 5.16 Å². The number of hydrogen-bond acceptors (Lipinski definition) is 6. The van der Waals surface area contributed by atoms with Gasteiger partial charge in [0.05, 0.1) is 12.6 Å². The van der Waals surface area contributed by atoms with Crippen LogP contribution in [-0.2, 0) is 6.54 Å². The average Bonchev–Trinajstić information content (AvgIpc) is 2.91. The van der Waals surface area contributed by atoms with Gasteiger partial charge in [-0.2, -0.15) is 0 Å². The molecule has 2 N–H and O–H groups in total. The highest BCUT2D eigenvalue weighted by atomic mass is 32.2. The Morgan fingerprint density at radius 2 is 2.41 bits per heavy atom. The lowest BCUT2D eigenvalue weighted by atomic mass is 10.3. The number of aliphatic hydroxyl groups excluding tert-OH is 1. The maximum Gasteiger partial charge on any atom is 0.209 e. The van der Waals surface area contributed by atoms with Crippen LogP contribution in [-0.4, -0.2) is 49.8 Å². The van der Waals surface area contributed by atoms with Crippen molar-refractivity contribution in [3.05, 3.63) is 0 Å². The molecule has 0 amide bonds. The fraction of sp³-hybridized carbons (Fsp3) is 0.900. The van der Waals surface area contributed by atoms with Gasteiger partial charge in [0.15, 0.2) is 0 Å². The summed E-state index contributed by atoms with van der Waals surface area (Å²) in [6.45, 7) is 4.66. The highest BCUT2D eigenvalue weighted by Crippen LogP contribution is 2.33. The lowest BCUT2D eigenvalue weighted by Gasteiger charge is -2.12. The Bertz CT molecular complexity index is 345. The second-order valence-electron chi connectivity index (χ2n) is 4.19. The molecule has 1 heterocycles. The van der Waals surface area contributed by atoms with E-state index >= 15 is 0 Å². The molecule has 1 aliphatic carbocycles. The third-order valence-corrected chi connectivity index (χ3v) is 4.28. The highest BCUT2D eigenvalue weighted by molar-refractivity contribution is 7.99. The number of rotatable bonds is 6. The van der Waals surface area contributed by atoms with Crippen LogP contribution in [0.3, 0.4) is 0 Å². The molecule has 1 aromatic rings. The minimum absolute atomic E-state index is 0.209. The van der Waals surface area contributed by atoms with Crippen molar-refractivity contribution < 1.29 is 5.11 Å². The summed E-state index contributed by atoms with van der Waals surface area (Å²) in [6.07, 6.45) is 2.83. The first kappa shape index (κ1) is 12.8. The van der Waals surface area contributed by atoms with E-state index in [1.54, 1.807) is 16.4 Å². The Morgan fingerprint density at radius 1 is 1.53 bits per heavy atom. The molecule has 7 heteroatoms. The first-order chi connectivity index (χ1) is 8.31. The van der Waals surface area contributed by atoms with Crippen LogP contribution in [0.5, 0.6) is 0 Å². The Morgan fingerprint density at radius 3 is 3.12 bits per heavy atom. The second kappa shape index (κ2) is 6.32. The molecule has 0 radical (unpaired) electrons. The van der Waals surface area contributed by atoms with Crippen LogP contribution in [0.1, 0.15) is 26.2 Å². The monoisotopic (exact) mass is 257 g/mol. The molecule has 0 saturated heterocycles. The number of tetrazole rings is 1. The van der Waals surface area contributed by atoms with E-state index in [1.807, 2.05) is 0 Å². The molecule has 1 aromatic heterocycles. The van der Waals surface area contributed by atoms with Crippen LogP contribution >= 0.6 is 11.8 Å². The minimum atomic E-state index is -0.209. The number of aromatic nitrogens is 4. The van der Waals surface area contributed by atoms with E-state index in [4.69, 9.17) is 0 Å². The van der Waals surface area contributed by atoms with E-state index in [9.17, 15) is 5.11 Å². The van der Waals surface area contributed by atoms with Gasteiger partial charge in [-0.05, 0) is 36.2 Å². The van der Waals surface area contributed by atoms with Gasteiger partial charge in [-0.15, -0.1) is 5.10 Å². The number of nitrogens with one attached hydrogen (secondary N) is 1. The summed E-state index contributed by atoms with van der Waals surface area (Å²) in [4.78, 5) is 0. The van der Waals surface area contributed by atoms with Gasteiger partial charge in [-0.3, -0.25) is 0 Å². The zero-order valence-corrected chi connectivity index (χ0v) is 10.9. The van der Waals surface area contributed by atoms with E-state index in [2.05, 4.69) is 27.8 Å². The molecule has 2 atom stereocenters. The number of nitrogens with zero attached hydrogens (tertiary/aromatic N) is 4. The lowest BCUT2D eigenvalue weighted by Crippen LogP contribution is -2.21.